The van der Waals surface area contributed by atoms with Gasteiger partial charge in [-0.05, 0) is 33.6 Å². The molecule has 16 heavy (non-hydrogen) atoms. The Kier molecular flexibility index (Phi) is 3.10. The fraction of sp³-hybridized carbons (Fsp3) is 0.667. The van der Waals surface area contributed by atoms with E-state index in [1.807, 2.05) is 20.0 Å². The van der Waals surface area contributed by atoms with E-state index in [0.717, 1.165) is 36.6 Å². The molecule has 0 aromatic carbocycles. The van der Waals surface area contributed by atoms with Crippen molar-refractivity contribution in [2.45, 2.75) is 45.7 Å². The minimum atomic E-state index is 0.339. The molecule has 1 aliphatic rings. The highest BCUT2D eigenvalue weighted by molar-refractivity contribution is 5.39. The Bertz CT molecular complexity index is 377. The first-order valence-corrected chi connectivity index (χ1v) is 5.90. The Morgan fingerprint density at radius 2 is 2.12 bits per heavy atom. The second kappa shape index (κ2) is 4.37. The van der Waals surface area contributed by atoms with E-state index >= 15 is 0 Å². The quantitative estimate of drug-likeness (QED) is 0.777. The maximum absolute atomic E-state index is 5.96. The van der Waals surface area contributed by atoms with Crippen LogP contribution >= 0.6 is 0 Å². The number of aromatic nitrogens is 2. The van der Waals surface area contributed by atoms with Gasteiger partial charge in [-0.3, -0.25) is 4.98 Å². The van der Waals surface area contributed by atoms with E-state index in [1.165, 1.54) is 0 Å². The smallest absolute Gasteiger partial charge is 0.147 e. The van der Waals surface area contributed by atoms with E-state index in [9.17, 15) is 0 Å². The summed E-state index contributed by atoms with van der Waals surface area (Å²) in [7, 11) is 0. The molecule has 0 saturated carbocycles. The van der Waals surface area contributed by atoms with Crippen LogP contribution in [0.4, 0.5) is 5.82 Å². The fourth-order valence-electron chi connectivity index (χ4n) is 2.22. The second-order valence-electron chi connectivity index (χ2n) is 4.73. The summed E-state index contributed by atoms with van der Waals surface area (Å²) in [6, 6.07) is 0.797. The van der Waals surface area contributed by atoms with Crippen molar-refractivity contribution in [3.05, 3.63) is 17.6 Å². The number of rotatable bonds is 1. The molecule has 2 heterocycles. The number of hydrogen-bond acceptors (Lipinski definition) is 4. The van der Waals surface area contributed by atoms with Gasteiger partial charge in [-0.15, -0.1) is 0 Å². The summed E-state index contributed by atoms with van der Waals surface area (Å²) in [5.41, 5.74) is 7.97. The standard InChI is InChI=1S/C12H20N4/c1-8-6-11(13)4-5-16(8)12-7-14-9(2)10(3)15-12/h7-8,11H,4-6,13H2,1-3H3. The van der Waals surface area contributed by atoms with Gasteiger partial charge in [-0.2, -0.15) is 0 Å². The van der Waals surface area contributed by atoms with Crippen molar-refractivity contribution >= 4 is 5.82 Å². The van der Waals surface area contributed by atoms with Crippen LogP contribution in [0.2, 0.25) is 0 Å². The molecule has 0 aliphatic carbocycles. The molecule has 2 N–H and O–H groups in total. The van der Waals surface area contributed by atoms with Gasteiger partial charge in [0.2, 0.25) is 0 Å². The SMILES string of the molecule is Cc1ncc(N2CCC(N)CC2C)nc1C. The maximum Gasteiger partial charge on any atom is 0.147 e. The lowest BCUT2D eigenvalue weighted by Crippen LogP contribution is -2.46. The van der Waals surface area contributed by atoms with Crippen LogP contribution < -0.4 is 10.6 Å². The van der Waals surface area contributed by atoms with Gasteiger partial charge >= 0.3 is 0 Å². The van der Waals surface area contributed by atoms with Crippen molar-refractivity contribution < 1.29 is 0 Å². The van der Waals surface area contributed by atoms with Crippen molar-refractivity contribution in [2.75, 3.05) is 11.4 Å². The molecule has 4 nitrogen and oxygen atoms in total. The first-order chi connectivity index (χ1) is 7.58. The minimum Gasteiger partial charge on any atom is -0.353 e. The number of nitrogens with zero attached hydrogens (tertiary/aromatic N) is 3. The molecular weight excluding hydrogens is 200 g/mol. The molecule has 1 aromatic rings. The van der Waals surface area contributed by atoms with E-state index in [1.54, 1.807) is 0 Å². The van der Waals surface area contributed by atoms with Gasteiger partial charge in [0.05, 0.1) is 17.6 Å². The number of aryl methyl sites for hydroxylation is 2. The van der Waals surface area contributed by atoms with Crippen molar-refractivity contribution in [1.29, 1.82) is 0 Å². The van der Waals surface area contributed by atoms with Crippen LogP contribution in [0.15, 0.2) is 6.20 Å². The largest absolute Gasteiger partial charge is 0.353 e. The summed E-state index contributed by atoms with van der Waals surface area (Å²) >= 11 is 0. The second-order valence-corrected chi connectivity index (χ2v) is 4.73. The Hall–Kier alpha value is -1.16. The topological polar surface area (TPSA) is 55.0 Å². The van der Waals surface area contributed by atoms with E-state index in [0.29, 0.717) is 12.1 Å². The number of piperidine rings is 1. The van der Waals surface area contributed by atoms with Gasteiger partial charge in [-0.25, -0.2) is 4.98 Å². The van der Waals surface area contributed by atoms with Crippen molar-refractivity contribution in [3.63, 3.8) is 0 Å². The summed E-state index contributed by atoms with van der Waals surface area (Å²) in [6.45, 7) is 7.18. The summed E-state index contributed by atoms with van der Waals surface area (Å²) in [6.07, 6.45) is 3.95. The zero-order valence-corrected chi connectivity index (χ0v) is 10.3. The molecule has 2 unspecified atom stereocenters. The molecular formula is C12H20N4. The third-order valence-corrected chi connectivity index (χ3v) is 3.39. The molecule has 1 aliphatic heterocycles. The van der Waals surface area contributed by atoms with E-state index in [4.69, 9.17) is 5.73 Å². The van der Waals surface area contributed by atoms with Crippen molar-refractivity contribution in [1.82, 2.24) is 9.97 Å². The van der Waals surface area contributed by atoms with Crippen LogP contribution in [0.25, 0.3) is 0 Å². The van der Waals surface area contributed by atoms with Gasteiger partial charge in [-0.1, -0.05) is 0 Å². The van der Waals surface area contributed by atoms with E-state index in [-0.39, 0.29) is 0 Å². The molecule has 4 heteroatoms. The van der Waals surface area contributed by atoms with Gasteiger partial charge in [0.1, 0.15) is 5.82 Å². The van der Waals surface area contributed by atoms with Crippen LogP contribution in [-0.2, 0) is 0 Å². The minimum absolute atomic E-state index is 0.339. The molecule has 0 radical (unpaired) electrons. The fourth-order valence-corrected chi connectivity index (χ4v) is 2.22. The third kappa shape index (κ3) is 2.16. The Labute approximate surface area is 96.9 Å². The normalized spacial score (nSPS) is 25.9. The number of nitrogens with two attached hydrogens (primary N) is 1. The van der Waals surface area contributed by atoms with Crippen LogP contribution in [0.3, 0.4) is 0 Å². The Morgan fingerprint density at radius 3 is 2.75 bits per heavy atom. The molecule has 0 amide bonds. The lowest BCUT2D eigenvalue weighted by atomic mass is 9.99. The highest BCUT2D eigenvalue weighted by atomic mass is 15.2. The summed E-state index contributed by atoms with van der Waals surface area (Å²) in [4.78, 5) is 11.3. The van der Waals surface area contributed by atoms with Gasteiger partial charge in [0.25, 0.3) is 0 Å². The zero-order chi connectivity index (χ0) is 11.7. The molecule has 0 bridgehead atoms. The zero-order valence-electron chi connectivity index (χ0n) is 10.3. The lowest BCUT2D eigenvalue weighted by molar-refractivity contribution is 0.426. The van der Waals surface area contributed by atoms with Crippen LogP contribution in [0.5, 0.6) is 0 Å². The average Bonchev–Trinajstić information content (AvgIpc) is 2.22. The van der Waals surface area contributed by atoms with Gasteiger partial charge < -0.3 is 10.6 Å². The van der Waals surface area contributed by atoms with Crippen molar-refractivity contribution in [2.24, 2.45) is 5.73 Å². The molecule has 1 fully saturated rings. The van der Waals surface area contributed by atoms with Crippen molar-refractivity contribution in [3.8, 4) is 0 Å². The molecule has 88 valence electrons. The molecule has 2 atom stereocenters. The molecule has 1 saturated heterocycles. The molecule has 2 rings (SSSR count). The van der Waals surface area contributed by atoms with Crippen LogP contribution in [0.1, 0.15) is 31.2 Å². The summed E-state index contributed by atoms with van der Waals surface area (Å²) < 4.78 is 0. The van der Waals surface area contributed by atoms with E-state index in [2.05, 4.69) is 21.8 Å². The monoisotopic (exact) mass is 220 g/mol. The highest BCUT2D eigenvalue weighted by Crippen LogP contribution is 2.22. The average molecular weight is 220 g/mol. The molecule has 0 spiro atoms. The Balaban J connectivity index is 2.20. The first kappa shape index (κ1) is 11.3. The lowest BCUT2D eigenvalue weighted by Gasteiger charge is -2.37. The third-order valence-electron chi connectivity index (χ3n) is 3.39. The Morgan fingerprint density at radius 1 is 1.38 bits per heavy atom. The summed E-state index contributed by atoms with van der Waals surface area (Å²) in [5.74, 6) is 0.988. The number of anilines is 1. The van der Waals surface area contributed by atoms with Crippen LogP contribution in [-0.4, -0.2) is 28.6 Å². The van der Waals surface area contributed by atoms with Gasteiger partial charge in [0.15, 0.2) is 0 Å². The molecule has 1 aromatic heterocycles. The first-order valence-electron chi connectivity index (χ1n) is 5.90. The predicted molar refractivity (Wildman–Crippen MR) is 65.5 cm³/mol. The van der Waals surface area contributed by atoms with Crippen LogP contribution in [0, 0.1) is 13.8 Å². The summed E-state index contributed by atoms with van der Waals surface area (Å²) in [5, 5.41) is 0. The predicted octanol–water partition coefficient (Wildman–Crippen LogP) is 1.41. The maximum atomic E-state index is 5.96. The van der Waals surface area contributed by atoms with Gasteiger partial charge in [0, 0.05) is 18.6 Å². The van der Waals surface area contributed by atoms with E-state index < -0.39 is 0 Å². The number of hydrogen-bond donors (Lipinski definition) is 1. The highest BCUT2D eigenvalue weighted by Gasteiger charge is 2.24.